The zero-order valence-electron chi connectivity index (χ0n) is 16.5. The van der Waals surface area contributed by atoms with Gasteiger partial charge in [-0.25, -0.2) is 0 Å². The van der Waals surface area contributed by atoms with Crippen LogP contribution in [0.3, 0.4) is 0 Å². The molecule has 0 bridgehead atoms. The Kier molecular flexibility index (Phi) is 7.54. The fourth-order valence-corrected chi connectivity index (χ4v) is 2.86. The molecule has 0 aromatic heterocycles. The quantitative estimate of drug-likeness (QED) is 0.539. The van der Waals surface area contributed by atoms with Crippen LogP contribution >= 0.6 is 15.9 Å². The van der Waals surface area contributed by atoms with E-state index >= 15 is 0 Å². The van der Waals surface area contributed by atoms with Gasteiger partial charge in [-0.15, -0.1) is 0 Å². The Balaban J connectivity index is 2.15. The van der Waals surface area contributed by atoms with Gasteiger partial charge in [0.1, 0.15) is 6.61 Å². The Morgan fingerprint density at radius 1 is 1.00 bits per heavy atom. The van der Waals surface area contributed by atoms with E-state index in [9.17, 15) is 0 Å². The number of hydrogen-bond acceptors (Lipinski definition) is 3. The first-order valence-corrected chi connectivity index (χ1v) is 10.0. The molecule has 2 aromatic carbocycles. The van der Waals surface area contributed by atoms with Gasteiger partial charge in [-0.1, -0.05) is 52.7 Å². The lowest BCUT2D eigenvalue weighted by Crippen LogP contribution is -2.37. The van der Waals surface area contributed by atoms with Crippen LogP contribution in [-0.4, -0.2) is 12.1 Å². The molecule has 0 aliphatic heterocycles. The van der Waals surface area contributed by atoms with Crippen LogP contribution < -0.4 is 14.8 Å². The Labute approximate surface area is 166 Å². The van der Waals surface area contributed by atoms with Crippen LogP contribution in [0.25, 0.3) is 0 Å². The Morgan fingerprint density at radius 2 is 1.65 bits per heavy atom. The van der Waals surface area contributed by atoms with E-state index in [0.29, 0.717) is 13.2 Å². The molecule has 0 fully saturated rings. The highest BCUT2D eigenvalue weighted by Gasteiger charge is 2.16. The van der Waals surface area contributed by atoms with E-state index in [1.54, 1.807) is 0 Å². The third-order valence-electron chi connectivity index (χ3n) is 4.57. The number of rotatable bonds is 9. The van der Waals surface area contributed by atoms with Gasteiger partial charge in [0.2, 0.25) is 0 Å². The fourth-order valence-electron chi connectivity index (χ4n) is 2.40. The lowest BCUT2D eigenvalue weighted by molar-refractivity contribution is 0.268. The molecule has 0 amide bonds. The highest BCUT2D eigenvalue weighted by Crippen LogP contribution is 2.34. The molecule has 2 aromatic rings. The molecule has 0 saturated carbocycles. The van der Waals surface area contributed by atoms with Gasteiger partial charge in [0.05, 0.1) is 6.61 Å². The zero-order valence-corrected chi connectivity index (χ0v) is 18.1. The monoisotopic (exact) mass is 419 g/mol. The summed E-state index contributed by atoms with van der Waals surface area (Å²) in [7, 11) is 0. The summed E-state index contributed by atoms with van der Waals surface area (Å²) >= 11 is 3.68. The third kappa shape index (κ3) is 6.03. The number of halogens is 1. The molecule has 142 valence electrons. The number of aryl methyl sites for hydroxylation is 1. The molecular formula is C22H30BrNO2. The summed E-state index contributed by atoms with van der Waals surface area (Å²) in [6.07, 6.45) is 1.07. The van der Waals surface area contributed by atoms with Crippen molar-refractivity contribution in [1.29, 1.82) is 0 Å². The molecule has 0 aliphatic rings. The average Bonchev–Trinajstić information content (AvgIpc) is 2.62. The maximum atomic E-state index is 6.04. The second-order valence-corrected chi connectivity index (χ2v) is 8.04. The molecule has 4 heteroatoms. The Bertz CT molecular complexity index is 711. The van der Waals surface area contributed by atoms with E-state index in [2.05, 4.69) is 79.3 Å². The number of hydrogen-bond donors (Lipinski definition) is 1. The number of benzene rings is 2. The van der Waals surface area contributed by atoms with Crippen molar-refractivity contribution in [3.63, 3.8) is 0 Å². The van der Waals surface area contributed by atoms with Gasteiger partial charge in [0.25, 0.3) is 0 Å². The first kappa shape index (κ1) is 20.8. The predicted octanol–water partition coefficient (Wildman–Crippen LogP) is 6.01. The van der Waals surface area contributed by atoms with Crippen LogP contribution in [0.5, 0.6) is 11.5 Å². The molecule has 0 aliphatic carbocycles. The van der Waals surface area contributed by atoms with Gasteiger partial charge in [-0.2, -0.15) is 0 Å². The topological polar surface area (TPSA) is 30.5 Å². The minimum atomic E-state index is 0.103. The van der Waals surface area contributed by atoms with Crippen molar-refractivity contribution in [2.75, 3.05) is 6.61 Å². The fraction of sp³-hybridized carbons (Fsp3) is 0.455. The Morgan fingerprint density at radius 3 is 2.27 bits per heavy atom. The standard InChI is InChI=1S/C22H30BrNO2/c1-6-22(4,5)24-14-18-12-20(25-7-2)21(13-19(18)23)26-15-17-10-8-16(3)9-11-17/h8-13,24H,6-7,14-15H2,1-5H3. The summed E-state index contributed by atoms with van der Waals surface area (Å²) < 4.78 is 12.9. The second kappa shape index (κ2) is 9.43. The molecule has 26 heavy (non-hydrogen) atoms. The van der Waals surface area contributed by atoms with Crippen LogP contribution in [0.4, 0.5) is 0 Å². The van der Waals surface area contributed by atoms with Crippen LogP contribution in [0.1, 0.15) is 50.8 Å². The molecule has 0 atom stereocenters. The van der Waals surface area contributed by atoms with Crippen molar-refractivity contribution < 1.29 is 9.47 Å². The molecule has 0 saturated heterocycles. The first-order valence-electron chi connectivity index (χ1n) is 9.23. The molecular weight excluding hydrogens is 390 g/mol. The van der Waals surface area contributed by atoms with Gasteiger partial charge in [-0.3, -0.25) is 0 Å². The van der Waals surface area contributed by atoms with E-state index in [4.69, 9.17) is 9.47 Å². The Hall–Kier alpha value is -1.52. The number of nitrogens with one attached hydrogen (secondary N) is 1. The number of ether oxygens (including phenoxy) is 2. The lowest BCUT2D eigenvalue weighted by Gasteiger charge is -2.25. The second-order valence-electron chi connectivity index (χ2n) is 7.19. The van der Waals surface area contributed by atoms with Crippen LogP contribution in [0.2, 0.25) is 0 Å². The maximum absolute atomic E-state index is 6.04. The summed E-state index contributed by atoms with van der Waals surface area (Å²) in [6.45, 7) is 12.6. The largest absolute Gasteiger partial charge is 0.490 e. The predicted molar refractivity (Wildman–Crippen MR) is 112 cm³/mol. The van der Waals surface area contributed by atoms with Crippen molar-refractivity contribution >= 4 is 15.9 Å². The molecule has 0 radical (unpaired) electrons. The average molecular weight is 420 g/mol. The van der Waals surface area contributed by atoms with E-state index in [-0.39, 0.29) is 5.54 Å². The van der Waals surface area contributed by atoms with Gasteiger partial charge in [0, 0.05) is 16.6 Å². The van der Waals surface area contributed by atoms with Crippen molar-refractivity contribution in [3.8, 4) is 11.5 Å². The van der Waals surface area contributed by atoms with Crippen LogP contribution in [0.15, 0.2) is 40.9 Å². The minimum absolute atomic E-state index is 0.103. The maximum Gasteiger partial charge on any atom is 0.162 e. The van der Waals surface area contributed by atoms with Gasteiger partial charge in [-0.05, 0) is 57.4 Å². The van der Waals surface area contributed by atoms with Crippen molar-refractivity contribution in [2.45, 2.75) is 59.7 Å². The van der Waals surface area contributed by atoms with Gasteiger partial charge < -0.3 is 14.8 Å². The SMILES string of the molecule is CCOc1cc(CNC(C)(C)CC)c(Br)cc1OCc1ccc(C)cc1. The summed E-state index contributed by atoms with van der Waals surface area (Å²) in [5, 5.41) is 3.59. The van der Waals surface area contributed by atoms with E-state index < -0.39 is 0 Å². The van der Waals surface area contributed by atoms with Crippen molar-refractivity contribution in [1.82, 2.24) is 5.32 Å². The summed E-state index contributed by atoms with van der Waals surface area (Å²) in [5.41, 5.74) is 3.66. The third-order valence-corrected chi connectivity index (χ3v) is 5.31. The smallest absolute Gasteiger partial charge is 0.162 e. The normalized spacial score (nSPS) is 11.5. The van der Waals surface area contributed by atoms with Crippen LogP contribution in [0, 0.1) is 6.92 Å². The highest BCUT2D eigenvalue weighted by atomic mass is 79.9. The van der Waals surface area contributed by atoms with Crippen molar-refractivity contribution in [3.05, 3.63) is 57.6 Å². The summed E-state index contributed by atoms with van der Waals surface area (Å²) in [4.78, 5) is 0. The minimum Gasteiger partial charge on any atom is -0.490 e. The van der Waals surface area contributed by atoms with Crippen molar-refractivity contribution in [2.24, 2.45) is 0 Å². The molecule has 0 heterocycles. The summed E-state index contributed by atoms with van der Waals surface area (Å²) in [6, 6.07) is 12.5. The molecule has 1 N–H and O–H groups in total. The molecule has 0 spiro atoms. The molecule has 0 unspecified atom stereocenters. The van der Waals surface area contributed by atoms with Crippen LogP contribution in [-0.2, 0) is 13.2 Å². The highest BCUT2D eigenvalue weighted by molar-refractivity contribution is 9.10. The molecule has 3 nitrogen and oxygen atoms in total. The van der Waals surface area contributed by atoms with Gasteiger partial charge in [0.15, 0.2) is 11.5 Å². The molecule has 2 rings (SSSR count). The van der Waals surface area contributed by atoms with E-state index in [1.165, 1.54) is 5.56 Å². The van der Waals surface area contributed by atoms with Gasteiger partial charge >= 0.3 is 0 Å². The first-order chi connectivity index (χ1) is 12.3. The van der Waals surface area contributed by atoms with E-state index in [0.717, 1.165) is 40.1 Å². The lowest BCUT2D eigenvalue weighted by atomic mass is 10.0. The van der Waals surface area contributed by atoms with E-state index in [1.807, 2.05) is 13.0 Å². The summed E-state index contributed by atoms with van der Waals surface area (Å²) in [5.74, 6) is 1.55. The zero-order chi connectivity index (χ0) is 19.2.